The standard InChI is InChI=1S/C20H18Cl2FN3O/c1-27-17-6-8-25-16-10-12(2-3-13(16)17)26-20(7-9-24-11-20)18-15(23)5-4-14(21)19(18)22/h2-6,8,10,24,26H,7,9,11H2,1H3/t20-/m0/s1. The molecule has 1 saturated heterocycles. The van der Waals surface area contributed by atoms with Crippen LogP contribution in [0.2, 0.25) is 10.0 Å². The number of halogens is 3. The minimum Gasteiger partial charge on any atom is -0.496 e. The lowest BCUT2D eigenvalue weighted by atomic mass is 9.88. The van der Waals surface area contributed by atoms with Crippen LogP contribution < -0.4 is 15.4 Å². The van der Waals surface area contributed by atoms with Crippen LogP contribution in [-0.2, 0) is 5.54 Å². The maximum Gasteiger partial charge on any atom is 0.130 e. The molecule has 3 aromatic rings. The first kappa shape index (κ1) is 18.3. The monoisotopic (exact) mass is 405 g/mol. The Morgan fingerprint density at radius 3 is 2.81 bits per heavy atom. The van der Waals surface area contributed by atoms with Crippen molar-refractivity contribution in [1.29, 1.82) is 0 Å². The van der Waals surface area contributed by atoms with Crippen LogP contribution in [0.3, 0.4) is 0 Å². The van der Waals surface area contributed by atoms with Crippen LogP contribution in [-0.4, -0.2) is 25.2 Å². The van der Waals surface area contributed by atoms with E-state index in [1.807, 2.05) is 24.3 Å². The first-order valence-corrected chi connectivity index (χ1v) is 9.35. The van der Waals surface area contributed by atoms with Gasteiger partial charge in [-0.3, -0.25) is 4.98 Å². The quantitative estimate of drug-likeness (QED) is 0.600. The molecule has 140 valence electrons. The highest BCUT2D eigenvalue weighted by Gasteiger charge is 2.40. The van der Waals surface area contributed by atoms with Crippen LogP contribution >= 0.6 is 23.2 Å². The Bertz CT molecular complexity index is 1010. The highest BCUT2D eigenvalue weighted by Crippen LogP contribution is 2.41. The lowest BCUT2D eigenvalue weighted by Gasteiger charge is -2.33. The number of pyridine rings is 1. The van der Waals surface area contributed by atoms with Crippen molar-refractivity contribution in [3.8, 4) is 5.75 Å². The van der Waals surface area contributed by atoms with E-state index in [-0.39, 0.29) is 10.8 Å². The van der Waals surface area contributed by atoms with E-state index in [1.165, 1.54) is 12.1 Å². The van der Waals surface area contributed by atoms with Gasteiger partial charge in [0.1, 0.15) is 11.6 Å². The van der Waals surface area contributed by atoms with Crippen molar-refractivity contribution in [3.63, 3.8) is 0 Å². The number of fused-ring (bicyclic) bond motifs is 1. The molecule has 27 heavy (non-hydrogen) atoms. The molecule has 0 bridgehead atoms. The summed E-state index contributed by atoms with van der Waals surface area (Å²) in [6.07, 6.45) is 2.37. The molecular weight excluding hydrogens is 388 g/mol. The fraction of sp³-hybridized carbons (Fsp3) is 0.250. The maximum atomic E-state index is 14.7. The number of hydrogen-bond donors (Lipinski definition) is 2. The van der Waals surface area contributed by atoms with Gasteiger partial charge in [0.05, 0.1) is 28.2 Å². The van der Waals surface area contributed by atoms with Gasteiger partial charge in [-0.1, -0.05) is 23.2 Å². The largest absolute Gasteiger partial charge is 0.496 e. The third-order valence-corrected chi connectivity index (χ3v) is 5.79. The molecule has 0 unspecified atom stereocenters. The zero-order valence-corrected chi connectivity index (χ0v) is 16.2. The van der Waals surface area contributed by atoms with Crippen molar-refractivity contribution in [2.45, 2.75) is 12.0 Å². The molecule has 2 aromatic carbocycles. The summed E-state index contributed by atoms with van der Waals surface area (Å²) < 4.78 is 20.1. The Labute approximate surface area is 166 Å². The average molecular weight is 406 g/mol. The minimum absolute atomic E-state index is 0.244. The minimum atomic E-state index is -0.696. The van der Waals surface area contributed by atoms with Crippen LogP contribution in [0.1, 0.15) is 12.0 Å². The third kappa shape index (κ3) is 3.20. The lowest BCUT2D eigenvalue weighted by Crippen LogP contribution is -2.39. The average Bonchev–Trinajstić information content (AvgIpc) is 3.13. The number of anilines is 1. The summed E-state index contributed by atoms with van der Waals surface area (Å²) in [4.78, 5) is 4.41. The molecule has 0 aliphatic carbocycles. The molecule has 7 heteroatoms. The first-order valence-electron chi connectivity index (χ1n) is 8.60. The Morgan fingerprint density at radius 2 is 2.07 bits per heavy atom. The van der Waals surface area contributed by atoms with E-state index in [2.05, 4.69) is 15.6 Å². The molecule has 0 saturated carbocycles. The molecule has 2 heterocycles. The van der Waals surface area contributed by atoms with Crippen LogP contribution in [0.5, 0.6) is 5.75 Å². The molecule has 1 aliphatic heterocycles. The molecule has 0 spiro atoms. The summed E-state index contributed by atoms with van der Waals surface area (Å²) in [5, 5.41) is 8.27. The smallest absolute Gasteiger partial charge is 0.130 e. The molecular formula is C20H18Cl2FN3O. The number of aromatic nitrogens is 1. The molecule has 1 fully saturated rings. The molecule has 1 aliphatic rings. The molecule has 4 rings (SSSR count). The van der Waals surface area contributed by atoms with E-state index in [9.17, 15) is 4.39 Å². The number of benzene rings is 2. The molecule has 1 atom stereocenters. The predicted octanol–water partition coefficient (Wildman–Crippen LogP) is 4.99. The second kappa shape index (κ2) is 7.15. The van der Waals surface area contributed by atoms with Gasteiger partial charge in [-0.15, -0.1) is 0 Å². The number of nitrogens with zero attached hydrogens (tertiary/aromatic N) is 1. The van der Waals surface area contributed by atoms with Crippen molar-refractivity contribution in [2.24, 2.45) is 0 Å². The highest BCUT2D eigenvalue weighted by atomic mass is 35.5. The summed E-state index contributed by atoms with van der Waals surface area (Å²) >= 11 is 12.6. The molecule has 0 radical (unpaired) electrons. The first-order chi connectivity index (χ1) is 13.0. The summed E-state index contributed by atoms with van der Waals surface area (Å²) in [7, 11) is 1.63. The zero-order valence-electron chi connectivity index (χ0n) is 14.7. The number of rotatable bonds is 4. The number of methoxy groups -OCH3 is 1. The Balaban J connectivity index is 1.79. The zero-order chi connectivity index (χ0) is 19.0. The number of ether oxygens (including phenoxy) is 1. The van der Waals surface area contributed by atoms with Gasteiger partial charge in [-0.05, 0) is 49.4 Å². The lowest BCUT2D eigenvalue weighted by molar-refractivity contribution is 0.419. The van der Waals surface area contributed by atoms with Crippen molar-refractivity contribution >= 4 is 39.8 Å². The molecule has 4 nitrogen and oxygen atoms in total. The Morgan fingerprint density at radius 1 is 1.22 bits per heavy atom. The van der Waals surface area contributed by atoms with E-state index in [0.717, 1.165) is 28.9 Å². The van der Waals surface area contributed by atoms with Gasteiger partial charge in [0, 0.05) is 29.4 Å². The highest BCUT2D eigenvalue weighted by molar-refractivity contribution is 6.42. The SMILES string of the molecule is COc1ccnc2cc(N[C@@]3(c4c(F)ccc(Cl)c4Cl)CCNC3)ccc12. The number of hydrogen-bond acceptors (Lipinski definition) is 4. The Hall–Kier alpha value is -2.08. The van der Waals surface area contributed by atoms with Gasteiger partial charge in [0.25, 0.3) is 0 Å². The van der Waals surface area contributed by atoms with Gasteiger partial charge in [-0.2, -0.15) is 0 Å². The normalized spacial score (nSPS) is 19.4. The van der Waals surface area contributed by atoms with Crippen LogP contribution in [0.4, 0.5) is 10.1 Å². The van der Waals surface area contributed by atoms with E-state index < -0.39 is 5.54 Å². The van der Waals surface area contributed by atoms with Crippen LogP contribution in [0.15, 0.2) is 42.6 Å². The van der Waals surface area contributed by atoms with E-state index in [0.29, 0.717) is 23.6 Å². The number of nitrogens with one attached hydrogen (secondary N) is 2. The molecule has 1 aromatic heterocycles. The molecule has 2 N–H and O–H groups in total. The summed E-state index contributed by atoms with van der Waals surface area (Å²) in [6, 6.07) is 10.5. The second-order valence-electron chi connectivity index (χ2n) is 6.60. The van der Waals surface area contributed by atoms with E-state index in [1.54, 1.807) is 13.3 Å². The van der Waals surface area contributed by atoms with Crippen LogP contribution in [0, 0.1) is 5.82 Å². The van der Waals surface area contributed by atoms with Gasteiger partial charge in [0.2, 0.25) is 0 Å². The van der Waals surface area contributed by atoms with Crippen molar-refractivity contribution < 1.29 is 9.13 Å². The molecule has 0 amide bonds. The van der Waals surface area contributed by atoms with Gasteiger partial charge in [0.15, 0.2) is 0 Å². The summed E-state index contributed by atoms with van der Waals surface area (Å²) in [6.45, 7) is 1.28. The summed E-state index contributed by atoms with van der Waals surface area (Å²) in [5.41, 5.74) is 1.30. The van der Waals surface area contributed by atoms with Crippen molar-refractivity contribution in [3.05, 3.63) is 64.0 Å². The van der Waals surface area contributed by atoms with Gasteiger partial charge in [-0.25, -0.2) is 4.39 Å². The van der Waals surface area contributed by atoms with E-state index >= 15 is 0 Å². The van der Waals surface area contributed by atoms with Crippen LogP contribution in [0.25, 0.3) is 10.9 Å². The van der Waals surface area contributed by atoms with E-state index in [4.69, 9.17) is 27.9 Å². The second-order valence-corrected chi connectivity index (χ2v) is 7.38. The van der Waals surface area contributed by atoms with Gasteiger partial charge < -0.3 is 15.4 Å². The fourth-order valence-corrected chi connectivity index (χ4v) is 4.19. The van der Waals surface area contributed by atoms with Gasteiger partial charge >= 0.3 is 0 Å². The Kier molecular flexibility index (Phi) is 4.84. The third-order valence-electron chi connectivity index (χ3n) is 4.98. The maximum absolute atomic E-state index is 14.7. The predicted molar refractivity (Wildman–Crippen MR) is 108 cm³/mol. The summed E-state index contributed by atoms with van der Waals surface area (Å²) in [5.74, 6) is 0.383. The van der Waals surface area contributed by atoms with Crippen molar-refractivity contribution in [1.82, 2.24) is 10.3 Å². The van der Waals surface area contributed by atoms with Crippen molar-refractivity contribution in [2.75, 3.05) is 25.5 Å². The topological polar surface area (TPSA) is 46.2 Å². The fourth-order valence-electron chi connectivity index (χ4n) is 3.69.